The van der Waals surface area contributed by atoms with Crippen molar-refractivity contribution in [2.24, 2.45) is 5.73 Å². The topological polar surface area (TPSA) is 26.0 Å². The molecule has 0 saturated heterocycles. The van der Waals surface area contributed by atoms with Crippen LogP contribution in [-0.2, 0) is 0 Å². The summed E-state index contributed by atoms with van der Waals surface area (Å²) in [6.07, 6.45) is 50.8. The van der Waals surface area contributed by atoms with E-state index in [4.69, 9.17) is 5.73 Å². The van der Waals surface area contributed by atoms with Crippen LogP contribution in [0.25, 0.3) is 0 Å². The van der Waals surface area contributed by atoms with Crippen molar-refractivity contribution in [3.8, 4) is 0 Å². The van der Waals surface area contributed by atoms with Crippen molar-refractivity contribution in [2.45, 2.75) is 212 Å². The summed E-state index contributed by atoms with van der Waals surface area (Å²) in [5.74, 6) is 0. The minimum Gasteiger partial charge on any atom is -0.330 e. The van der Waals surface area contributed by atoms with Crippen LogP contribution in [0, 0.1) is 0 Å². The molecule has 37 heavy (non-hydrogen) atoms. The van der Waals surface area contributed by atoms with Gasteiger partial charge in [-0.15, -0.1) is 0 Å². The lowest BCUT2D eigenvalue weighted by atomic mass is 10.0. The van der Waals surface area contributed by atoms with Crippen LogP contribution in [0.1, 0.15) is 212 Å². The van der Waals surface area contributed by atoms with Crippen molar-refractivity contribution in [3.05, 3.63) is 12.2 Å². The van der Waals surface area contributed by atoms with Gasteiger partial charge in [0.25, 0.3) is 0 Å². The van der Waals surface area contributed by atoms with E-state index in [-0.39, 0.29) is 0 Å². The van der Waals surface area contributed by atoms with Gasteiger partial charge in [0.05, 0.1) is 0 Å². The molecule has 1 heteroatoms. The molecule has 0 bridgehead atoms. The van der Waals surface area contributed by atoms with E-state index in [2.05, 4.69) is 19.1 Å². The molecule has 0 heterocycles. The fourth-order valence-corrected chi connectivity index (χ4v) is 5.57. The zero-order chi connectivity index (χ0) is 26.7. The monoisotopic (exact) mass is 520 g/mol. The largest absolute Gasteiger partial charge is 0.330 e. The number of hydrogen-bond donors (Lipinski definition) is 1. The van der Waals surface area contributed by atoms with Crippen LogP contribution in [0.3, 0.4) is 0 Å². The Labute approximate surface area is 236 Å². The lowest BCUT2D eigenvalue weighted by Gasteiger charge is -2.04. The summed E-state index contributed by atoms with van der Waals surface area (Å²) in [6, 6.07) is 0. The molecule has 0 aliphatic rings. The summed E-state index contributed by atoms with van der Waals surface area (Å²) in [5.41, 5.74) is 5.54. The van der Waals surface area contributed by atoms with Gasteiger partial charge in [-0.05, 0) is 38.6 Å². The molecule has 222 valence electrons. The average Bonchev–Trinajstić information content (AvgIpc) is 2.91. The smallest absolute Gasteiger partial charge is 0.00773 e. The Hall–Kier alpha value is -0.300. The van der Waals surface area contributed by atoms with Crippen LogP contribution < -0.4 is 5.73 Å². The second-order valence-electron chi connectivity index (χ2n) is 12.1. The van der Waals surface area contributed by atoms with E-state index in [1.807, 2.05) is 0 Å². The Morgan fingerprint density at radius 3 is 0.757 bits per heavy atom. The molecule has 0 aromatic heterocycles. The Morgan fingerprint density at radius 2 is 0.514 bits per heavy atom. The van der Waals surface area contributed by atoms with Gasteiger partial charge in [0.15, 0.2) is 0 Å². The predicted molar refractivity (Wildman–Crippen MR) is 172 cm³/mol. The molecule has 0 aromatic carbocycles. The highest BCUT2D eigenvalue weighted by atomic mass is 14.5. The molecule has 0 aromatic rings. The molecule has 2 N–H and O–H groups in total. The van der Waals surface area contributed by atoms with Gasteiger partial charge in [0, 0.05) is 0 Å². The summed E-state index contributed by atoms with van der Waals surface area (Å²) in [4.78, 5) is 0. The second-order valence-corrected chi connectivity index (χ2v) is 12.1. The predicted octanol–water partition coefficient (Wildman–Crippen LogP) is 13.0. The molecule has 0 aliphatic heterocycles. The molecule has 0 unspecified atom stereocenters. The van der Waals surface area contributed by atoms with E-state index in [0.717, 1.165) is 6.54 Å². The molecule has 0 aliphatic carbocycles. The number of hydrogen-bond acceptors (Lipinski definition) is 1. The van der Waals surface area contributed by atoms with Crippen molar-refractivity contribution in [1.29, 1.82) is 0 Å². The number of unbranched alkanes of at least 4 members (excludes halogenated alkanes) is 30. The van der Waals surface area contributed by atoms with Crippen LogP contribution in [0.4, 0.5) is 0 Å². The quantitative estimate of drug-likeness (QED) is 0.0677. The Kier molecular flexibility index (Phi) is 35.4. The van der Waals surface area contributed by atoms with E-state index < -0.39 is 0 Å². The van der Waals surface area contributed by atoms with Gasteiger partial charge in [-0.25, -0.2) is 0 Å². The SMILES string of the molecule is CCCCCCCCC=CCCCCCCCCCCCCCCCCCCCCCCCCCCN. The standard InChI is InChI=1S/C36H73N/c1-2-3-4-5-6-7-8-9-10-11-12-13-14-15-16-17-18-19-20-21-22-23-24-25-26-27-28-29-30-31-32-33-34-35-36-37/h9-10H,2-8,11-37H2,1H3. The van der Waals surface area contributed by atoms with Crippen LogP contribution in [-0.4, -0.2) is 6.54 Å². The first-order valence-electron chi connectivity index (χ1n) is 17.8. The highest BCUT2D eigenvalue weighted by Crippen LogP contribution is 2.16. The molecule has 0 radical (unpaired) electrons. The van der Waals surface area contributed by atoms with Crippen molar-refractivity contribution in [3.63, 3.8) is 0 Å². The number of nitrogens with two attached hydrogens (primary N) is 1. The van der Waals surface area contributed by atoms with Crippen LogP contribution in [0.5, 0.6) is 0 Å². The molecular formula is C36H73N. The van der Waals surface area contributed by atoms with Crippen molar-refractivity contribution >= 4 is 0 Å². The van der Waals surface area contributed by atoms with Crippen molar-refractivity contribution < 1.29 is 0 Å². The minimum atomic E-state index is 0.873. The molecule has 0 saturated carbocycles. The fraction of sp³-hybridized carbons (Fsp3) is 0.944. The van der Waals surface area contributed by atoms with Gasteiger partial charge >= 0.3 is 0 Å². The normalized spacial score (nSPS) is 11.7. The maximum atomic E-state index is 5.54. The van der Waals surface area contributed by atoms with E-state index in [1.54, 1.807) is 0 Å². The molecule has 0 spiro atoms. The Bertz CT molecular complexity index is 401. The highest BCUT2D eigenvalue weighted by Gasteiger charge is 1.96. The van der Waals surface area contributed by atoms with Gasteiger partial charge in [0.1, 0.15) is 0 Å². The first kappa shape index (κ1) is 36.7. The van der Waals surface area contributed by atoms with E-state index in [0.29, 0.717) is 0 Å². The van der Waals surface area contributed by atoms with Gasteiger partial charge < -0.3 is 5.73 Å². The fourth-order valence-electron chi connectivity index (χ4n) is 5.57. The Morgan fingerprint density at radius 1 is 0.297 bits per heavy atom. The number of allylic oxidation sites excluding steroid dienone is 2. The van der Waals surface area contributed by atoms with E-state index in [1.165, 1.54) is 205 Å². The molecule has 0 rings (SSSR count). The second kappa shape index (κ2) is 35.7. The third-order valence-electron chi connectivity index (χ3n) is 8.22. The van der Waals surface area contributed by atoms with E-state index in [9.17, 15) is 0 Å². The van der Waals surface area contributed by atoms with Crippen LogP contribution >= 0.6 is 0 Å². The van der Waals surface area contributed by atoms with Crippen LogP contribution in [0.15, 0.2) is 12.2 Å². The van der Waals surface area contributed by atoms with E-state index >= 15 is 0 Å². The van der Waals surface area contributed by atoms with Gasteiger partial charge in [-0.1, -0.05) is 192 Å². The lowest BCUT2D eigenvalue weighted by molar-refractivity contribution is 0.517. The Balaban J connectivity index is 3.05. The first-order chi connectivity index (χ1) is 18.4. The first-order valence-corrected chi connectivity index (χ1v) is 17.8. The van der Waals surface area contributed by atoms with Gasteiger partial charge in [-0.2, -0.15) is 0 Å². The molecule has 0 atom stereocenters. The lowest BCUT2D eigenvalue weighted by Crippen LogP contribution is -1.97. The third kappa shape index (κ3) is 35.7. The molecule has 1 nitrogen and oxygen atoms in total. The van der Waals surface area contributed by atoms with Gasteiger partial charge in [-0.3, -0.25) is 0 Å². The summed E-state index contributed by atoms with van der Waals surface area (Å²) in [7, 11) is 0. The molecule has 0 amide bonds. The zero-order valence-electron chi connectivity index (χ0n) is 26.1. The highest BCUT2D eigenvalue weighted by molar-refractivity contribution is 4.81. The van der Waals surface area contributed by atoms with Crippen LogP contribution in [0.2, 0.25) is 0 Å². The van der Waals surface area contributed by atoms with Crippen molar-refractivity contribution in [1.82, 2.24) is 0 Å². The summed E-state index contributed by atoms with van der Waals surface area (Å²) < 4.78 is 0. The molecule has 0 fully saturated rings. The minimum absolute atomic E-state index is 0.873. The number of rotatable bonds is 33. The summed E-state index contributed by atoms with van der Waals surface area (Å²) in [5, 5.41) is 0. The maximum Gasteiger partial charge on any atom is -0.00773 e. The average molecular weight is 520 g/mol. The molecular weight excluding hydrogens is 446 g/mol. The van der Waals surface area contributed by atoms with Gasteiger partial charge in [0.2, 0.25) is 0 Å². The maximum absolute atomic E-state index is 5.54. The third-order valence-corrected chi connectivity index (χ3v) is 8.22. The summed E-state index contributed by atoms with van der Waals surface area (Å²) in [6.45, 7) is 3.17. The van der Waals surface area contributed by atoms with Crippen molar-refractivity contribution in [2.75, 3.05) is 6.54 Å². The zero-order valence-corrected chi connectivity index (χ0v) is 26.1. The summed E-state index contributed by atoms with van der Waals surface area (Å²) >= 11 is 0.